The number of aromatic nitrogens is 4. The summed E-state index contributed by atoms with van der Waals surface area (Å²) in [5.74, 6) is -3.13. The van der Waals surface area contributed by atoms with E-state index in [9.17, 15) is 13.2 Å². The molecule has 118 valence electrons. The first kappa shape index (κ1) is 14.8. The summed E-state index contributed by atoms with van der Waals surface area (Å²) in [6, 6.07) is 3.45. The minimum Gasteiger partial charge on any atom is -0.360 e. The van der Waals surface area contributed by atoms with Crippen molar-refractivity contribution in [1.29, 1.82) is 0 Å². The van der Waals surface area contributed by atoms with Gasteiger partial charge in [-0.05, 0) is 19.1 Å². The van der Waals surface area contributed by atoms with Crippen LogP contribution in [0.15, 0.2) is 28.9 Å². The molecular weight excluding hydrogens is 313 g/mol. The second-order valence-electron chi connectivity index (χ2n) is 4.46. The van der Waals surface area contributed by atoms with Gasteiger partial charge in [0.2, 0.25) is 5.95 Å². The van der Waals surface area contributed by atoms with Crippen molar-refractivity contribution in [3.63, 3.8) is 0 Å². The monoisotopic (exact) mass is 322 g/mol. The van der Waals surface area contributed by atoms with Crippen molar-refractivity contribution in [3.05, 3.63) is 47.6 Å². The number of halogens is 3. The molecule has 2 aromatic heterocycles. The number of anilines is 4. The predicted molar refractivity (Wildman–Crippen MR) is 73.9 cm³/mol. The SMILES string of the molecule is Cc1cc(Nc2nncc(Nc3ccc(F)c(F)c3F)n2)no1. The first-order valence-electron chi connectivity index (χ1n) is 6.33. The zero-order valence-electron chi connectivity index (χ0n) is 11.6. The summed E-state index contributed by atoms with van der Waals surface area (Å²) in [4.78, 5) is 4.01. The van der Waals surface area contributed by atoms with Gasteiger partial charge in [0.25, 0.3) is 0 Å². The molecule has 1 aromatic carbocycles. The molecule has 0 saturated carbocycles. The van der Waals surface area contributed by atoms with Crippen molar-refractivity contribution in [1.82, 2.24) is 20.3 Å². The van der Waals surface area contributed by atoms with Crippen LogP contribution in [0.3, 0.4) is 0 Å². The Kier molecular flexibility index (Phi) is 3.79. The second kappa shape index (κ2) is 5.91. The Labute approximate surface area is 127 Å². The van der Waals surface area contributed by atoms with Crippen LogP contribution in [-0.4, -0.2) is 20.3 Å². The number of rotatable bonds is 4. The zero-order chi connectivity index (χ0) is 16.4. The lowest BCUT2D eigenvalue weighted by molar-refractivity contribution is 0.400. The van der Waals surface area contributed by atoms with Crippen LogP contribution in [0, 0.1) is 24.4 Å². The summed E-state index contributed by atoms with van der Waals surface area (Å²) in [5, 5.41) is 16.3. The Morgan fingerprint density at radius 1 is 1.04 bits per heavy atom. The van der Waals surface area contributed by atoms with Crippen LogP contribution < -0.4 is 10.6 Å². The van der Waals surface area contributed by atoms with E-state index in [0.717, 1.165) is 12.1 Å². The minimum absolute atomic E-state index is 0.0614. The normalized spacial score (nSPS) is 10.6. The van der Waals surface area contributed by atoms with E-state index in [1.165, 1.54) is 6.20 Å². The van der Waals surface area contributed by atoms with Gasteiger partial charge >= 0.3 is 0 Å². The van der Waals surface area contributed by atoms with Gasteiger partial charge in [-0.2, -0.15) is 10.1 Å². The van der Waals surface area contributed by atoms with Crippen LogP contribution in [0.2, 0.25) is 0 Å². The van der Waals surface area contributed by atoms with Gasteiger partial charge in [0.05, 0.1) is 11.9 Å². The minimum atomic E-state index is -1.58. The lowest BCUT2D eigenvalue weighted by Gasteiger charge is -2.08. The summed E-state index contributed by atoms with van der Waals surface area (Å²) >= 11 is 0. The van der Waals surface area contributed by atoms with Gasteiger partial charge in [0.1, 0.15) is 5.76 Å². The molecule has 0 atom stereocenters. The molecule has 0 saturated heterocycles. The van der Waals surface area contributed by atoms with E-state index in [-0.39, 0.29) is 17.5 Å². The third-order valence-electron chi connectivity index (χ3n) is 2.72. The van der Waals surface area contributed by atoms with Gasteiger partial charge in [-0.3, -0.25) is 0 Å². The largest absolute Gasteiger partial charge is 0.360 e. The van der Waals surface area contributed by atoms with E-state index in [2.05, 4.69) is 31.0 Å². The smallest absolute Gasteiger partial charge is 0.250 e. The van der Waals surface area contributed by atoms with Crippen molar-refractivity contribution < 1.29 is 17.7 Å². The van der Waals surface area contributed by atoms with Crippen molar-refractivity contribution in [2.24, 2.45) is 0 Å². The summed E-state index contributed by atoms with van der Waals surface area (Å²) < 4.78 is 44.6. The standard InChI is InChI=1S/C13H9F3N6O/c1-6-4-9(22-23-6)19-13-20-10(5-17-21-13)18-8-3-2-7(14)11(15)12(8)16/h2-5H,1H3,(H2,18,19,20,21,22). The van der Waals surface area contributed by atoms with Gasteiger partial charge in [-0.15, -0.1) is 5.10 Å². The van der Waals surface area contributed by atoms with Crippen LogP contribution in [0.4, 0.5) is 36.4 Å². The summed E-state index contributed by atoms with van der Waals surface area (Å²) in [5.41, 5.74) is -0.285. The van der Waals surface area contributed by atoms with Crippen LogP contribution >= 0.6 is 0 Å². The molecule has 23 heavy (non-hydrogen) atoms. The Bertz CT molecular complexity index is 853. The fourth-order valence-electron chi connectivity index (χ4n) is 1.72. The van der Waals surface area contributed by atoms with E-state index < -0.39 is 17.5 Å². The van der Waals surface area contributed by atoms with Crippen LogP contribution in [-0.2, 0) is 0 Å². The van der Waals surface area contributed by atoms with Crippen molar-refractivity contribution in [2.75, 3.05) is 10.6 Å². The lowest BCUT2D eigenvalue weighted by Crippen LogP contribution is -2.04. The average molecular weight is 322 g/mol. The molecule has 2 N–H and O–H groups in total. The fourth-order valence-corrected chi connectivity index (χ4v) is 1.72. The molecular formula is C13H9F3N6O. The van der Waals surface area contributed by atoms with Crippen LogP contribution in [0.5, 0.6) is 0 Å². The maximum atomic E-state index is 13.6. The molecule has 0 bridgehead atoms. The van der Waals surface area contributed by atoms with E-state index in [4.69, 9.17) is 4.52 Å². The maximum Gasteiger partial charge on any atom is 0.250 e. The molecule has 0 aliphatic rings. The van der Waals surface area contributed by atoms with E-state index in [0.29, 0.717) is 11.6 Å². The molecule has 0 fully saturated rings. The number of benzene rings is 1. The third kappa shape index (κ3) is 3.20. The number of aryl methyl sites for hydroxylation is 1. The molecule has 0 aliphatic heterocycles. The third-order valence-corrected chi connectivity index (χ3v) is 2.72. The highest BCUT2D eigenvalue weighted by Gasteiger charge is 2.14. The molecule has 0 amide bonds. The van der Waals surface area contributed by atoms with Crippen molar-refractivity contribution in [2.45, 2.75) is 6.92 Å². The predicted octanol–water partition coefficient (Wildman–Crippen LogP) is 3.07. The summed E-state index contributed by atoms with van der Waals surface area (Å²) in [7, 11) is 0. The Hall–Kier alpha value is -3.17. The molecule has 10 heteroatoms. The first-order chi connectivity index (χ1) is 11.0. The van der Waals surface area contributed by atoms with E-state index in [1.54, 1.807) is 13.0 Å². The van der Waals surface area contributed by atoms with Gasteiger partial charge in [0.15, 0.2) is 29.1 Å². The molecule has 3 rings (SSSR count). The van der Waals surface area contributed by atoms with Gasteiger partial charge < -0.3 is 15.2 Å². The Morgan fingerprint density at radius 2 is 1.87 bits per heavy atom. The molecule has 0 spiro atoms. The number of hydrogen-bond acceptors (Lipinski definition) is 7. The highest BCUT2D eigenvalue weighted by molar-refractivity contribution is 5.58. The van der Waals surface area contributed by atoms with Crippen molar-refractivity contribution in [3.8, 4) is 0 Å². The van der Waals surface area contributed by atoms with Gasteiger partial charge in [-0.1, -0.05) is 5.16 Å². The molecule has 3 aromatic rings. The first-order valence-corrected chi connectivity index (χ1v) is 6.33. The Balaban J connectivity index is 1.81. The number of hydrogen-bond donors (Lipinski definition) is 2. The fraction of sp³-hybridized carbons (Fsp3) is 0.0769. The number of nitrogens with zero attached hydrogens (tertiary/aromatic N) is 4. The quantitative estimate of drug-likeness (QED) is 0.714. The molecule has 0 radical (unpaired) electrons. The van der Waals surface area contributed by atoms with Crippen LogP contribution in [0.1, 0.15) is 5.76 Å². The summed E-state index contributed by atoms with van der Waals surface area (Å²) in [6.45, 7) is 1.71. The molecule has 2 heterocycles. The molecule has 0 aliphatic carbocycles. The lowest BCUT2D eigenvalue weighted by atomic mass is 10.3. The maximum absolute atomic E-state index is 13.6. The van der Waals surface area contributed by atoms with Crippen LogP contribution in [0.25, 0.3) is 0 Å². The zero-order valence-corrected chi connectivity index (χ0v) is 11.6. The highest BCUT2D eigenvalue weighted by atomic mass is 19.2. The summed E-state index contributed by atoms with van der Waals surface area (Å²) in [6.07, 6.45) is 1.19. The second-order valence-corrected chi connectivity index (χ2v) is 4.46. The molecule has 7 nitrogen and oxygen atoms in total. The topological polar surface area (TPSA) is 88.8 Å². The molecule has 0 unspecified atom stereocenters. The van der Waals surface area contributed by atoms with E-state index >= 15 is 0 Å². The number of nitrogens with one attached hydrogen (secondary N) is 2. The highest BCUT2D eigenvalue weighted by Crippen LogP contribution is 2.23. The average Bonchev–Trinajstić information content (AvgIpc) is 2.93. The van der Waals surface area contributed by atoms with Gasteiger partial charge in [0, 0.05) is 6.07 Å². The van der Waals surface area contributed by atoms with Gasteiger partial charge in [-0.25, -0.2) is 13.2 Å². The van der Waals surface area contributed by atoms with E-state index in [1.807, 2.05) is 0 Å². The van der Waals surface area contributed by atoms with Crippen molar-refractivity contribution >= 4 is 23.3 Å². The Morgan fingerprint density at radius 3 is 2.61 bits per heavy atom.